The first-order valence-electron chi connectivity index (χ1n) is 6.57. The molecule has 1 aromatic carbocycles. The van der Waals surface area contributed by atoms with Gasteiger partial charge in [-0.05, 0) is 24.3 Å². The highest BCUT2D eigenvalue weighted by molar-refractivity contribution is 6.03. The molecule has 3 rings (SSSR count). The molecule has 0 unspecified atom stereocenters. The highest BCUT2D eigenvalue weighted by Crippen LogP contribution is 2.18. The van der Waals surface area contributed by atoms with E-state index in [1.54, 1.807) is 24.4 Å². The number of aromatic nitrogens is 2. The lowest BCUT2D eigenvalue weighted by molar-refractivity contribution is 0.102. The molecule has 0 aliphatic heterocycles. The van der Waals surface area contributed by atoms with Crippen LogP contribution in [0.1, 0.15) is 10.4 Å². The summed E-state index contributed by atoms with van der Waals surface area (Å²) in [6.07, 6.45) is 3.15. The third kappa shape index (κ3) is 3.12. The number of pyridine rings is 2. The van der Waals surface area contributed by atoms with E-state index in [9.17, 15) is 4.79 Å². The Morgan fingerprint density at radius 1 is 0.905 bits per heavy atom. The molecule has 0 saturated carbocycles. The Labute approximate surface area is 122 Å². The molecule has 0 radical (unpaired) electrons. The first kappa shape index (κ1) is 13.0. The lowest BCUT2D eigenvalue weighted by Crippen LogP contribution is -2.13. The second kappa shape index (κ2) is 5.96. The van der Waals surface area contributed by atoms with E-state index in [1.165, 1.54) is 6.20 Å². The summed E-state index contributed by atoms with van der Waals surface area (Å²) >= 11 is 0. The third-order valence-corrected chi connectivity index (χ3v) is 2.98. The number of anilines is 1. The van der Waals surface area contributed by atoms with Gasteiger partial charge in [-0.1, -0.05) is 36.4 Å². The van der Waals surface area contributed by atoms with Crippen LogP contribution in [0.5, 0.6) is 0 Å². The van der Waals surface area contributed by atoms with Gasteiger partial charge in [-0.2, -0.15) is 0 Å². The number of carbonyl (C=O) groups excluding carboxylic acids is 1. The van der Waals surface area contributed by atoms with Crippen molar-refractivity contribution in [1.29, 1.82) is 0 Å². The molecular formula is C17H13N3O. The van der Waals surface area contributed by atoms with Crippen LogP contribution in [0.3, 0.4) is 0 Å². The average Bonchev–Trinajstić information content (AvgIpc) is 2.57. The van der Waals surface area contributed by atoms with Crippen LogP contribution < -0.4 is 5.32 Å². The smallest absolute Gasteiger partial charge is 0.258 e. The van der Waals surface area contributed by atoms with Gasteiger partial charge >= 0.3 is 0 Å². The van der Waals surface area contributed by atoms with Crippen LogP contribution in [0.4, 0.5) is 5.82 Å². The molecule has 0 fully saturated rings. The molecule has 0 saturated heterocycles. The molecule has 1 amide bonds. The fraction of sp³-hybridized carbons (Fsp3) is 0. The Balaban J connectivity index is 1.83. The Morgan fingerprint density at radius 2 is 1.76 bits per heavy atom. The number of hydrogen-bond acceptors (Lipinski definition) is 3. The summed E-state index contributed by atoms with van der Waals surface area (Å²) in [5.74, 6) is 0.297. The summed E-state index contributed by atoms with van der Waals surface area (Å²) < 4.78 is 0. The van der Waals surface area contributed by atoms with Crippen molar-refractivity contribution in [3.63, 3.8) is 0 Å². The van der Waals surface area contributed by atoms with E-state index in [4.69, 9.17) is 0 Å². The second-order valence-corrected chi connectivity index (χ2v) is 4.47. The van der Waals surface area contributed by atoms with Crippen molar-refractivity contribution in [2.75, 3.05) is 5.32 Å². The van der Waals surface area contributed by atoms with Crippen molar-refractivity contribution >= 4 is 11.7 Å². The minimum atomic E-state index is -0.221. The summed E-state index contributed by atoms with van der Waals surface area (Å²) in [4.78, 5) is 20.5. The van der Waals surface area contributed by atoms with Crippen LogP contribution >= 0.6 is 0 Å². The normalized spacial score (nSPS) is 10.1. The topological polar surface area (TPSA) is 54.9 Å². The van der Waals surface area contributed by atoms with Crippen LogP contribution in [0.25, 0.3) is 11.3 Å². The molecule has 0 aliphatic rings. The van der Waals surface area contributed by atoms with E-state index in [-0.39, 0.29) is 5.91 Å². The number of carbonyl (C=O) groups is 1. The maximum atomic E-state index is 12.1. The molecule has 4 nitrogen and oxygen atoms in total. The molecule has 0 aliphatic carbocycles. The van der Waals surface area contributed by atoms with Crippen molar-refractivity contribution in [2.24, 2.45) is 0 Å². The summed E-state index contributed by atoms with van der Waals surface area (Å²) in [7, 11) is 0. The fourth-order valence-corrected chi connectivity index (χ4v) is 1.96. The molecule has 2 aromatic heterocycles. The summed E-state index contributed by atoms with van der Waals surface area (Å²) in [5, 5.41) is 2.78. The Morgan fingerprint density at radius 3 is 2.52 bits per heavy atom. The molecule has 3 aromatic rings. The van der Waals surface area contributed by atoms with E-state index in [0.717, 1.165) is 11.3 Å². The fourth-order valence-electron chi connectivity index (χ4n) is 1.96. The first-order chi connectivity index (χ1) is 10.3. The number of amides is 1. The van der Waals surface area contributed by atoms with Gasteiger partial charge in [-0.15, -0.1) is 0 Å². The van der Waals surface area contributed by atoms with Crippen molar-refractivity contribution in [2.45, 2.75) is 0 Å². The van der Waals surface area contributed by atoms with Crippen LogP contribution in [0.2, 0.25) is 0 Å². The van der Waals surface area contributed by atoms with Crippen LogP contribution in [0, 0.1) is 0 Å². The standard InChI is InChI=1S/C17H13N3O/c21-17(14-8-5-11-18-12-14)20-16-10-4-9-15(19-16)13-6-2-1-3-7-13/h1-12H,(H,19,20,21). The number of nitrogens with one attached hydrogen (secondary N) is 1. The molecule has 0 bridgehead atoms. The first-order valence-corrected chi connectivity index (χ1v) is 6.57. The molecule has 102 valence electrons. The van der Waals surface area contributed by atoms with Crippen LogP contribution in [0.15, 0.2) is 73.1 Å². The minimum Gasteiger partial charge on any atom is -0.306 e. The lowest BCUT2D eigenvalue weighted by atomic mass is 10.1. The van der Waals surface area contributed by atoms with Crippen molar-refractivity contribution in [1.82, 2.24) is 9.97 Å². The van der Waals surface area contributed by atoms with Gasteiger partial charge in [0.2, 0.25) is 0 Å². The van der Waals surface area contributed by atoms with Crippen molar-refractivity contribution in [3.05, 3.63) is 78.6 Å². The minimum absolute atomic E-state index is 0.221. The molecule has 0 atom stereocenters. The number of hydrogen-bond donors (Lipinski definition) is 1. The molecular weight excluding hydrogens is 262 g/mol. The van der Waals surface area contributed by atoms with E-state index in [0.29, 0.717) is 11.4 Å². The lowest BCUT2D eigenvalue weighted by Gasteiger charge is -2.06. The van der Waals surface area contributed by atoms with E-state index in [1.807, 2.05) is 42.5 Å². The quantitative estimate of drug-likeness (QED) is 0.797. The maximum absolute atomic E-state index is 12.1. The largest absolute Gasteiger partial charge is 0.306 e. The zero-order valence-electron chi connectivity index (χ0n) is 11.2. The Bertz CT molecular complexity index is 742. The SMILES string of the molecule is O=C(Nc1cccc(-c2ccccc2)n1)c1cccnc1. The van der Waals surface area contributed by atoms with Gasteiger partial charge in [-0.25, -0.2) is 4.98 Å². The summed E-state index contributed by atoms with van der Waals surface area (Å²) in [5.41, 5.74) is 2.33. The highest BCUT2D eigenvalue weighted by Gasteiger charge is 2.07. The van der Waals surface area contributed by atoms with Gasteiger partial charge in [0.25, 0.3) is 5.91 Å². The number of rotatable bonds is 3. The predicted molar refractivity (Wildman–Crippen MR) is 81.9 cm³/mol. The molecule has 1 N–H and O–H groups in total. The van der Waals surface area contributed by atoms with E-state index >= 15 is 0 Å². The van der Waals surface area contributed by atoms with E-state index in [2.05, 4.69) is 15.3 Å². The van der Waals surface area contributed by atoms with Crippen LogP contribution in [-0.2, 0) is 0 Å². The summed E-state index contributed by atoms with van der Waals surface area (Å²) in [6, 6.07) is 18.8. The number of benzene rings is 1. The summed E-state index contributed by atoms with van der Waals surface area (Å²) in [6.45, 7) is 0. The van der Waals surface area contributed by atoms with Gasteiger partial charge in [0.15, 0.2) is 0 Å². The monoisotopic (exact) mass is 275 g/mol. The van der Waals surface area contributed by atoms with Gasteiger partial charge in [0, 0.05) is 18.0 Å². The predicted octanol–water partition coefficient (Wildman–Crippen LogP) is 3.40. The maximum Gasteiger partial charge on any atom is 0.258 e. The molecule has 21 heavy (non-hydrogen) atoms. The average molecular weight is 275 g/mol. The van der Waals surface area contributed by atoms with Gasteiger partial charge < -0.3 is 5.32 Å². The van der Waals surface area contributed by atoms with Crippen molar-refractivity contribution in [3.8, 4) is 11.3 Å². The molecule has 0 spiro atoms. The Hall–Kier alpha value is -3.01. The molecule has 2 heterocycles. The van der Waals surface area contributed by atoms with Crippen molar-refractivity contribution < 1.29 is 4.79 Å². The molecule has 4 heteroatoms. The van der Waals surface area contributed by atoms with Gasteiger partial charge in [-0.3, -0.25) is 9.78 Å². The van der Waals surface area contributed by atoms with E-state index < -0.39 is 0 Å². The van der Waals surface area contributed by atoms with Gasteiger partial charge in [0.05, 0.1) is 11.3 Å². The number of nitrogens with zero attached hydrogens (tertiary/aromatic N) is 2. The zero-order valence-corrected chi connectivity index (χ0v) is 11.2. The second-order valence-electron chi connectivity index (χ2n) is 4.47. The highest BCUT2D eigenvalue weighted by atomic mass is 16.1. The zero-order chi connectivity index (χ0) is 14.5. The van der Waals surface area contributed by atoms with Gasteiger partial charge in [0.1, 0.15) is 5.82 Å². The Kier molecular flexibility index (Phi) is 3.69. The van der Waals surface area contributed by atoms with Crippen LogP contribution in [-0.4, -0.2) is 15.9 Å². The third-order valence-electron chi connectivity index (χ3n) is 2.98.